The molecule has 0 saturated carbocycles. The summed E-state index contributed by atoms with van der Waals surface area (Å²) in [5.74, 6) is 0.180. The Bertz CT molecular complexity index is 150. The van der Waals surface area contributed by atoms with Crippen molar-refractivity contribution in [3.63, 3.8) is 0 Å². The Balaban J connectivity index is 3.85. The lowest BCUT2D eigenvalue weighted by Gasteiger charge is -2.16. The van der Waals surface area contributed by atoms with Gasteiger partial charge in [-0.25, -0.2) is 0 Å². The minimum atomic E-state index is -0.135. The van der Waals surface area contributed by atoms with Gasteiger partial charge >= 0.3 is 5.97 Å². The van der Waals surface area contributed by atoms with E-state index in [-0.39, 0.29) is 12.1 Å². The van der Waals surface area contributed by atoms with E-state index in [1.54, 1.807) is 6.08 Å². The Hall–Kier alpha value is -0.790. The van der Waals surface area contributed by atoms with Crippen LogP contribution in [-0.2, 0) is 9.53 Å². The first kappa shape index (κ1) is 11.2. The lowest BCUT2D eigenvalue weighted by molar-refractivity contribution is -0.148. The summed E-state index contributed by atoms with van der Waals surface area (Å²) in [5, 5.41) is 0. The number of carbonyl (C=O) groups excluding carboxylic acids is 1. The Morgan fingerprint density at radius 3 is 2.50 bits per heavy atom. The van der Waals surface area contributed by atoms with Crippen molar-refractivity contribution in [1.29, 1.82) is 0 Å². The largest absolute Gasteiger partial charge is 0.458 e. The predicted octanol–water partition coefficient (Wildman–Crippen LogP) is 2.54. The number of hydrogen-bond acceptors (Lipinski definition) is 2. The molecule has 0 aliphatic carbocycles. The maximum Gasteiger partial charge on any atom is 0.306 e. The fraction of sp³-hybridized carbons (Fsp3) is 0.700. The van der Waals surface area contributed by atoms with Crippen LogP contribution in [0.1, 0.15) is 33.6 Å². The Morgan fingerprint density at radius 2 is 2.17 bits per heavy atom. The molecule has 0 amide bonds. The van der Waals surface area contributed by atoms with Crippen molar-refractivity contribution in [3.05, 3.63) is 12.7 Å². The maximum absolute atomic E-state index is 11.0. The van der Waals surface area contributed by atoms with Crippen LogP contribution in [0.5, 0.6) is 0 Å². The van der Waals surface area contributed by atoms with Gasteiger partial charge in [0.05, 0.1) is 0 Å². The SMILES string of the molecule is C=CC(OC(=O)CCC)C(C)C. The minimum absolute atomic E-state index is 0.129. The maximum atomic E-state index is 11.0. The smallest absolute Gasteiger partial charge is 0.306 e. The Kier molecular flexibility index (Phi) is 5.43. The Labute approximate surface area is 74.6 Å². The molecule has 2 heteroatoms. The van der Waals surface area contributed by atoms with Gasteiger partial charge in [-0.1, -0.05) is 33.4 Å². The number of hydrogen-bond donors (Lipinski definition) is 0. The van der Waals surface area contributed by atoms with Crippen LogP contribution in [0, 0.1) is 5.92 Å². The summed E-state index contributed by atoms with van der Waals surface area (Å²) < 4.78 is 5.14. The second kappa shape index (κ2) is 5.81. The summed E-state index contributed by atoms with van der Waals surface area (Å²) in [6, 6.07) is 0. The standard InChI is InChI=1S/C10H18O2/c1-5-7-10(11)12-9(6-2)8(3)4/h6,8-9H,2,5,7H2,1,3-4H3. The third kappa shape index (κ3) is 4.16. The van der Waals surface area contributed by atoms with Crippen molar-refractivity contribution < 1.29 is 9.53 Å². The van der Waals surface area contributed by atoms with Crippen molar-refractivity contribution in [1.82, 2.24) is 0 Å². The first-order chi connectivity index (χ1) is 5.61. The highest BCUT2D eigenvalue weighted by atomic mass is 16.5. The van der Waals surface area contributed by atoms with Gasteiger partial charge in [0.15, 0.2) is 0 Å². The van der Waals surface area contributed by atoms with Gasteiger partial charge < -0.3 is 4.74 Å². The first-order valence-electron chi connectivity index (χ1n) is 4.43. The van der Waals surface area contributed by atoms with E-state index in [9.17, 15) is 4.79 Å². The van der Waals surface area contributed by atoms with Crippen LogP contribution in [0.25, 0.3) is 0 Å². The van der Waals surface area contributed by atoms with E-state index in [0.717, 1.165) is 6.42 Å². The molecule has 0 bridgehead atoms. The zero-order valence-electron chi connectivity index (χ0n) is 8.17. The fourth-order valence-electron chi connectivity index (χ4n) is 0.871. The molecule has 0 aliphatic rings. The molecule has 0 aliphatic heterocycles. The van der Waals surface area contributed by atoms with Gasteiger partial charge in [0.1, 0.15) is 6.10 Å². The summed E-state index contributed by atoms with van der Waals surface area (Å²) in [6.07, 6.45) is 2.87. The van der Waals surface area contributed by atoms with Crippen molar-refractivity contribution in [3.8, 4) is 0 Å². The minimum Gasteiger partial charge on any atom is -0.458 e. The number of ether oxygens (including phenoxy) is 1. The summed E-state index contributed by atoms with van der Waals surface area (Å²) in [6.45, 7) is 9.59. The fourth-order valence-corrected chi connectivity index (χ4v) is 0.871. The zero-order valence-corrected chi connectivity index (χ0v) is 8.17. The van der Waals surface area contributed by atoms with Crippen LogP contribution in [0.15, 0.2) is 12.7 Å². The first-order valence-corrected chi connectivity index (χ1v) is 4.43. The highest BCUT2D eigenvalue weighted by Gasteiger charge is 2.13. The van der Waals surface area contributed by atoms with Crippen LogP contribution in [-0.4, -0.2) is 12.1 Å². The van der Waals surface area contributed by atoms with E-state index in [1.807, 2.05) is 20.8 Å². The molecule has 0 aromatic carbocycles. The van der Waals surface area contributed by atoms with Gasteiger partial charge in [-0.2, -0.15) is 0 Å². The van der Waals surface area contributed by atoms with Gasteiger partial charge in [-0.15, -0.1) is 0 Å². The van der Waals surface area contributed by atoms with Crippen LogP contribution in [0.2, 0.25) is 0 Å². The molecular formula is C10H18O2. The summed E-state index contributed by atoms with van der Waals surface area (Å²) in [4.78, 5) is 11.0. The zero-order chi connectivity index (χ0) is 9.56. The van der Waals surface area contributed by atoms with E-state index < -0.39 is 0 Å². The topological polar surface area (TPSA) is 26.3 Å². The molecule has 0 spiro atoms. The monoisotopic (exact) mass is 170 g/mol. The second-order valence-electron chi connectivity index (χ2n) is 3.18. The molecule has 2 nitrogen and oxygen atoms in total. The van der Waals surface area contributed by atoms with Crippen LogP contribution < -0.4 is 0 Å². The molecule has 12 heavy (non-hydrogen) atoms. The molecule has 0 N–H and O–H groups in total. The third-order valence-electron chi connectivity index (χ3n) is 1.61. The number of esters is 1. The summed E-state index contributed by atoms with van der Waals surface area (Å²) in [7, 11) is 0. The van der Waals surface area contributed by atoms with Crippen LogP contribution >= 0.6 is 0 Å². The van der Waals surface area contributed by atoms with Crippen LogP contribution in [0.3, 0.4) is 0 Å². The van der Waals surface area contributed by atoms with Gasteiger partial charge in [-0.05, 0) is 12.3 Å². The van der Waals surface area contributed by atoms with Gasteiger partial charge in [0.2, 0.25) is 0 Å². The highest BCUT2D eigenvalue weighted by molar-refractivity contribution is 5.69. The van der Waals surface area contributed by atoms with E-state index in [1.165, 1.54) is 0 Å². The van der Waals surface area contributed by atoms with Crippen molar-refractivity contribution in [2.24, 2.45) is 5.92 Å². The highest BCUT2D eigenvalue weighted by Crippen LogP contribution is 2.08. The van der Waals surface area contributed by atoms with Gasteiger partial charge in [-0.3, -0.25) is 4.79 Å². The Morgan fingerprint density at radius 1 is 1.58 bits per heavy atom. The molecule has 0 radical (unpaired) electrons. The second-order valence-corrected chi connectivity index (χ2v) is 3.18. The molecule has 0 heterocycles. The molecular weight excluding hydrogens is 152 g/mol. The normalized spacial score (nSPS) is 12.7. The van der Waals surface area contributed by atoms with E-state index in [2.05, 4.69) is 6.58 Å². The summed E-state index contributed by atoms with van der Waals surface area (Å²) in [5.41, 5.74) is 0. The summed E-state index contributed by atoms with van der Waals surface area (Å²) >= 11 is 0. The average molecular weight is 170 g/mol. The lowest BCUT2D eigenvalue weighted by Crippen LogP contribution is -2.20. The predicted molar refractivity (Wildman–Crippen MR) is 49.8 cm³/mol. The molecule has 0 aromatic heterocycles. The molecule has 0 saturated heterocycles. The molecule has 70 valence electrons. The van der Waals surface area contributed by atoms with Crippen molar-refractivity contribution >= 4 is 5.97 Å². The van der Waals surface area contributed by atoms with Crippen molar-refractivity contribution in [2.45, 2.75) is 39.7 Å². The van der Waals surface area contributed by atoms with E-state index in [0.29, 0.717) is 12.3 Å². The van der Waals surface area contributed by atoms with Gasteiger partial charge in [0.25, 0.3) is 0 Å². The average Bonchev–Trinajstić information content (AvgIpc) is 2.00. The van der Waals surface area contributed by atoms with Crippen LogP contribution in [0.4, 0.5) is 0 Å². The number of carbonyl (C=O) groups is 1. The van der Waals surface area contributed by atoms with Crippen molar-refractivity contribution in [2.75, 3.05) is 0 Å². The third-order valence-corrected chi connectivity index (χ3v) is 1.61. The molecule has 1 unspecified atom stereocenters. The van der Waals surface area contributed by atoms with Gasteiger partial charge in [0, 0.05) is 6.42 Å². The molecule has 0 fully saturated rings. The quantitative estimate of drug-likeness (QED) is 0.468. The molecule has 0 aromatic rings. The van der Waals surface area contributed by atoms with E-state index in [4.69, 9.17) is 4.74 Å². The molecule has 0 rings (SSSR count). The molecule has 1 atom stereocenters. The number of rotatable bonds is 5. The van der Waals surface area contributed by atoms with E-state index >= 15 is 0 Å². The lowest BCUT2D eigenvalue weighted by atomic mass is 10.1.